The second-order valence-corrected chi connectivity index (χ2v) is 4.89. The molecule has 1 aromatic carbocycles. The molecule has 0 amide bonds. The monoisotopic (exact) mass is 265 g/mol. The van der Waals surface area contributed by atoms with E-state index in [1.54, 1.807) is 17.4 Å². The SMILES string of the molecule is CNC(C)c1cc(F)ccc1OCc1ccsc1. The van der Waals surface area contributed by atoms with E-state index in [0.717, 1.165) is 16.9 Å². The topological polar surface area (TPSA) is 21.3 Å². The normalized spacial score (nSPS) is 12.4. The lowest BCUT2D eigenvalue weighted by atomic mass is 10.1. The molecule has 18 heavy (non-hydrogen) atoms. The van der Waals surface area contributed by atoms with E-state index in [2.05, 4.69) is 5.32 Å². The highest BCUT2D eigenvalue weighted by Crippen LogP contribution is 2.26. The third-order valence-electron chi connectivity index (χ3n) is 2.85. The zero-order valence-electron chi connectivity index (χ0n) is 10.4. The zero-order valence-corrected chi connectivity index (χ0v) is 11.3. The number of hydrogen-bond donors (Lipinski definition) is 1. The van der Waals surface area contributed by atoms with Gasteiger partial charge in [0.05, 0.1) is 0 Å². The molecule has 2 nitrogen and oxygen atoms in total. The van der Waals surface area contributed by atoms with Crippen LogP contribution < -0.4 is 10.1 Å². The Morgan fingerprint density at radius 1 is 1.39 bits per heavy atom. The maximum atomic E-state index is 13.3. The highest BCUT2D eigenvalue weighted by Gasteiger charge is 2.11. The number of thiophene rings is 1. The Balaban J connectivity index is 2.16. The molecular formula is C14H16FNOS. The van der Waals surface area contributed by atoms with Crippen LogP contribution in [0, 0.1) is 5.82 Å². The van der Waals surface area contributed by atoms with E-state index in [4.69, 9.17) is 4.74 Å². The van der Waals surface area contributed by atoms with Crippen molar-refractivity contribution in [1.82, 2.24) is 5.32 Å². The highest BCUT2D eigenvalue weighted by atomic mass is 32.1. The average Bonchev–Trinajstić information content (AvgIpc) is 2.89. The average molecular weight is 265 g/mol. The molecule has 0 aliphatic rings. The molecule has 0 bridgehead atoms. The first-order valence-corrected chi connectivity index (χ1v) is 6.75. The second-order valence-electron chi connectivity index (χ2n) is 4.11. The fraction of sp³-hybridized carbons (Fsp3) is 0.286. The van der Waals surface area contributed by atoms with Gasteiger partial charge in [0, 0.05) is 11.6 Å². The van der Waals surface area contributed by atoms with E-state index >= 15 is 0 Å². The molecule has 2 aromatic rings. The predicted molar refractivity (Wildman–Crippen MR) is 72.5 cm³/mol. The summed E-state index contributed by atoms with van der Waals surface area (Å²) in [6.07, 6.45) is 0. The largest absolute Gasteiger partial charge is 0.489 e. The van der Waals surface area contributed by atoms with Crippen LogP contribution >= 0.6 is 11.3 Å². The lowest BCUT2D eigenvalue weighted by molar-refractivity contribution is 0.300. The summed E-state index contributed by atoms with van der Waals surface area (Å²) in [4.78, 5) is 0. The third-order valence-corrected chi connectivity index (χ3v) is 3.58. The van der Waals surface area contributed by atoms with Gasteiger partial charge in [0.1, 0.15) is 18.2 Å². The Kier molecular flexibility index (Phi) is 4.33. The Morgan fingerprint density at radius 2 is 2.22 bits per heavy atom. The number of hydrogen-bond acceptors (Lipinski definition) is 3. The number of nitrogens with one attached hydrogen (secondary N) is 1. The number of benzene rings is 1. The molecule has 0 fully saturated rings. The van der Waals surface area contributed by atoms with Gasteiger partial charge in [-0.25, -0.2) is 4.39 Å². The van der Waals surface area contributed by atoms with Crippen LogP contribution in [0.5, 0.6) is 5.75 Å². The molecule has 1 aromatic heterocycles. The van der Waals surface area contributed by atoms with Gasteiger partial charge in [0.15, 0.2) is 0 Å². The lowest BCUT2D eigenvalue weighted by Gasteiger charge is -2.16. The number of halogens is 1. The van der Waals surface area contributed by atoms with Gasteiger partial charge in [-0.1, -0.05) is 0 Å². The first-order chi connectivity index (χ1) is 8.70. The van der Waals surface area contributed by atoms with Crippen LogP contribution in [0.3, 0.4) is 0 Å². The Hall–Kier alpha value is -1.39. The Morgan fingerprint density at radius 3 is 2.89 bits per heavy atom. The van der Waals surface area contributed by atoms with Gasteiger partial charge in [-0.3, -0.25) is 0 Å². The van der Waals surface area contributed by atoms with E-state index in [1.165, 1.54) is 12.1 Å². The Bertz CT molecular complexity index is 499. The third kappa shape index (κ3) is 3.09. The van der Waals surface area contributed by atoms with Gasteiger partial charge < -0.3 is 10.1 Å². The van der Waals surface area contributed by atoms with E-state index in [0.29, 0.717) is 6.61 Å². The van der Waals surface area contributed by atoms with E-state index in [1.807, 2.05) is 30.8 Å². The minimum Gasteiger partial charge on any atom is -0.489 e. The van der Waals surface area contributed by atoms with Crippen LogP contribution in [0.25, 0.3) is 0 Å². The maximum absolute atomic E-state index is 13.3. The van der Waals surface area contributed by atoms with Crippen LogP contribution in [0.4, 0.5) is 4.39 Å². The van der Waals surface area contributed by atoms with Gasteiger partial charge in [-0.2, -0.15) is 11.3 Å². The molecule has 1 unspecified atom stereocenters. The molecule has 0 spiro atoms. The smallest absolute Gasteiger partial charge is 0.124 e. The number of rotatable bonds is 5. The van der Waals surface area contributed by atoms with Crippen LogP contribution in [-0.2, 0) is 6.61 Å². The summed E-state index contributed by atoms with van der Waals surface area (Å²) in [5, 5.41) is 7.16. The fourth-order valence-corrected chi connectivity index (χ4v) is 2.33. The molecule has 1 heterocycles. The molecule has 0 saturated carbocycles. The highest BCUT2D eigenvalue weighted by molar-refractivity contribution is 7.07. The standard InChI is InChI=1S/C14H16FNOS/c1-10(16-2)13-7-12(15)3-4-14(13)17-8-11-5-6-18-9-11/h3-7,9-10,16H,8H2,1-2H3. The fourth-order valence-electron chi connectivity index (χ4n) is 1.68. The molecule has 4 heteroatoms. The molecule has 1 N–H and O–H groups in total. The molecular weight excluding hydrogens is 249 g/mol. The molecule has 0 radical (unpaired) electrons. The van der Waals surface area contributed by atoms with Crippen molar-refractivity contribution in [1.29, 1.82) is 0 Å². The summed E-state index contributed by atoms with van der Waals surface area (Å²) in [5.74, 6) is 0.486. The second kappa shape index (κ2) is 5.98. The van der Waals surface area contributed by atoms with Crippen LogP contribution in [0.2, 0.25) is 0 Å². The molecule has 0 saturated heterocycles. The van der Waals surface area contributed by atoms with Gasteiger partial charge >= 0.3 is 0 Å². The van der Waals surface area contributed by atoms with Crippen molar-refractivity contribution in [3.8, 4) is 5.75 Å². The lowest BCUT2D eigenvalue weighted by Crippen LogP contribution is -2.14. The van der Waals surface area contributed by atoms with Crippen LogP contribution in [-0.4, -0.2) is 7.05 Å². The molecule has 2 rings (SSSR count). The molecule has 0 aliphatic heterocycles. The minimum atomic E-state index is -0.241. The molecule has 1 atom stereocenters. The zero-order chi connectivity index (χ0) is 13.0. The number of ether oxygens (including phenoxy) is 1. The van der Waals surface area contributed by atoms with Crippen molar-refractivity contribution < 1.29 is 9.13 Å². The van der Waals surface area contributed by atoms with E-state index in [-0.39, 0.29) is 11.9 Å². The predicted octanol–water partition coefficient (Wildman–Crippen LogP) is 3.75. The van der Waals surface area contributed by atoms with Crippen LogP contribution in [0.1, 0.15) is 24.1 Å². The summed E-state index contributed by atoms with van der Waals surface area (Å²) in [6.45, 7) is 2.49. The van der Waals surface area contributed by atoms with Gasteiger partial charge in [0.25, 0.3) is 0 Å². The first-order valence-electron chi connectivity index (χ1n) is 5.81. The summed E-state index contributed by atoms with van der Waals surface area (Å²) in [7, 11) is 1.85. The summed E-state index contributed by atoms with van der Waals surface area (Å²) < 4.78 is 19.0. The summed E-state index contributed by atoms with van der Waals surface area (Å²) >= 11 is 1.64. The molecule has 0 aliphatic carbocycles. The maximum Gasteiger partial charge on any atom is 0.124 e. The van der Waals surface area contributed by atoms with Crippen molar-refractivity contribution in [2.45, 2.75) is 19.6 Å². The van der Waals surface area contributed by atoms with E-state index in [9.17, 15) is 4.39 Å². The summed E-state index contributed by atoms with van der Waals surface area (Å²) in [6, 6.07) is 6.71. The van der Waals surface area contributed by atoms with Gasteiger partial charge in [-0.15, -0.1) is 0 Å². The van der Waals surface area contributed by atoms with Crippen molar-refractivity contribution in [2.24, 2.45) is 0 Å². The van der Waals surface area contributed by atoms with Crippen LogP contribution in [0.15, 0.2) is 35.0 Å². The van der Waals surface area contributed by atoms with Crippen molar-refractivity contribution in [3.05, 3.63) is 52.0 Å². The van der Waals surface area contributed by atoms with Crippen molar-refractivity contribution >= 4 is 11.3 Å². The van der Waals surface area contributed by atoms with Gasteiger partial charge in [-0.05, 0) is 54.6 Å². The summed E-state index contributed by atoms with van der Waals surface area (Å²) in [5.41, 5.74) is 1.97. The first kappa shape index (κ1) is 13.1. The van der Waals surface area contributed by atoms with Crippen molar-refractivity contribution in [3.63, 3.8) is 0 Å². The Labute approximate surface area is 110 Å². The van der Waals surface area contributed by atoms with Crippen molar-refractivity contribution in [2.75, 3.05) is 7.05 Å². The quantitative estimate of drug-likeness (QED) is 0.889. The minimum absolute atomic E-state index is 0.0539. The van der Waals surface area contributed by atoms with Gasteiger partial charge in [0.2, 0.25) is 0 Å². The van der Waals surface area contributed by atoms with E-state index < -0.39 is 0 Å². The molecule has 96 valence electrons.